The van der Waals surface area contributed by atoms with E-state index in [4.69, 9.17) is 5.10 Å². The molecule has 3 aliphatic heterocycles. The smallest absolute Gasteiger partial charge is 0.416 e. The van der Waals surface area contributed by atoms with Crippen molar-refractivity contribution in [2.75, 3.05) is 39.0 Å². The van der Waals surface area contributed by atoms with Crippen LogP contribution < -0.4 is 10.6 Å². The number of fused-ring (bicyclic) bond motifs is 1. The summed E-state index contributed by atoms with van der Waals surface area (Å²) in [4.78, 5) is 27.2. The maximum absolute atomic E-state index is 14.1. The van der Waals surface area contributed by atoms with Crippen molar-refractivity contribution in [2.24, 2.45) is 5.41 Å². The SMILES string of the molecule is CS(=O)(=O)N1CCc2c(c(-c3ccc(C(F)(F)F)c(CNC(=O)c4ccc(O)cc4)c3)nn2CC(O)CN2CCC3(CCNC3=O)CC2)C1. The Bertz CT molecular complexity index is 1840. The number of aliphatic hydroxyl groups is 1. The van der Waals surface area contributed by atoms with Crippen molar-refractivity contribution in [1.82, 2.24) is 29.6 Å². The molecular weight excluding hydrogens is 665 g/mol. The lowest BCUT2D eigenvalue weighted by Gasteiger charge is -2.38. The number of carbonyl (C=O) groups excluding carboxylic acids is 2. The third-order valence-electron chi connectivity index (χ3n) is 9.86. The number of hydrogen-bond donors (Lipinski definition) is 4. The summed E-state index contributed by atoms with van der Waals surface area (Å²) in [5, 5.41) is 30.8. The van der Waals surface area contributed by atoms with E-state index in [1.807, 2.05) is 0 Å². The second kappa shape index (κ2) is 13.4. The third-order valence-corrected chi connectivity index (χ3v) is 11.1. The van der Waals surface area contributed by atoms with E-state index in [9.17, 15) is 41.4 Å². The van der Waals surface area contributed by atoms with Gasteiger partial charge in [-0.25, -0.2) is 8.42 Å². The second-order valence-corrected chi connectivity index (χ2v) is 15.1. The molecule has 3 aliphatic rings. The summed E-state index contributed by atoms with van der Waals surface area (Å²) in [5.74, 6) is -0.599. The van der Waals surface area contributed by atoms with E-state index in [-0.39, 0.29) is 47.8 Å². The number of benzene rings is 2. The maximum atomic E-state index is 14.1. The van der Waals surface area contributed by atoms with Gasteiger partial charge in [0.2, 0.25) is 15.9 Å². The zero-order valence-electron chi connectivity index (χ0n) is 27.0. The van der Waals surface area contributed by atoms with Crippen molar-refractivity contribution in [3.05, 3.63) is 70.4 Å². The first kappa shape index (κ1) is 34.9. The van der Waals surface area contributed by atoms with Crippen LogP contribution in [0.1, 0.15) is 52.0 Å². The molecule has 12 nitrogen and oxygen atoms in total. The second-order valence-electron chi connectivity index (χ2n) is 13.1. The highest BCUT2D eigenvalue weighted by Gasteiger charge is 2.44. The molecule has 1 unspecified atom stereocenters. The summed E-state index contributed by atoms with van der Waals surface area (Å²) in [7, 11) is -3.60. The molecular formula is C33H39F3N6O6S. The zero-order chi connectivity index (χ0) is 35.1. The van der Waals surface area contributed by atoms with Gasteiger partial charge < -0.3 is 25.7 Å². The topological polar surface area (TPSA) is 157 Å². The zero-order valence-corrected chi connectivity index (χ0v) is 27.8. The molecule has 16 heteroatoms. The van der Waals surface area contributed by atoms with Crippen LogP contribution in [0.2, 0.25) is 0 Å². The molecule has 0 aliphatic carbocycles. The van der Waals surface area contributed by atoms with Gasteiger partial charge in [0.1, 0.15) is 5.75 Å². The minimum atomic E-state index is -4.72. The molecule has 49 heavy (non-hydrogen) atoms. The molecule has 4 heterocycles. The fourth-order valence-electron chi connectivity index (χ4n) is 7.10. The summed E-state index contributed by atoms with van der Waals surface area (Å²) in [6.45, 7) is 2.11. The van der Waals surface area contributed by atoms with Gasteiger partial charge in [0, 0.05) is 61.5 Å². The summed E-state index contributed by atoms with van der Waals surface area (Å²) < 4.78 is 70.2. The van der Waals surface area contributed by atoms with Gasteiger partial charge in [-0.2, -0.15) is 22.6 Å². The number of aliphatic hydroxyl groups excluding tert-OH is 1. The fraction of sp³-hybridized carbons (Fsp3) is 0.485. The van der Waals surface area contributed by atoms with Gasteiger partial charge in [-0.15, -0.1) is 0 Å². The van der Waals surface area contributed by atoms with Crippen LogP contribution in [0.5, 0.6) is 5.75 Å². The van der Waals surface area contributed by atoms with Crippen LogP contribution in [0.15, 0.2) is 42.5 Å². The van der Waals surface area contributed by atoms with Crippen molar-refractivity contribution in [3.63, 3.8) is 0 Å². The van der Waals surface area contributed by atoms with Crippen LogP contribution in [0.3, 0.4) is 0 Å². The minimum Gasteiger partial charge on any atom is -0.508 e. The number of halogens is 3. The lowest BCUT2D eigenvalue weighted by atomic mass is 9.77. The quantitative estimate of drug-likeness (QED) is 0.265. The summed E-state index contributed by atoms with van der Waals surface area (Å²) in [6, 6.07) is 8.79. The molecule has 0 radical (unpaired) electrons. The lowest BCUT2D eigenvalue weighted by molar-refractivity contribution is -0.138. The monoisotopic (exact) mass is 704 g/mol. The minimum absolute atomic E-state index is 0.0379. The van der Waals surface area contributed by atoms with E-state index < -0.39 is 40.3 Å². The van der Waals surface area contributed by atoms with Gasteiger partial charge in [-0.05, 0) is 74.3 Å². The highest BCUT2D eigenvalue weighted by Crippen LogP contribution is 2.39. The summed E-state index contributed by atoms with van der Waals surface area (Å²) in [5.41, 5.74) is 0.490. The van der Waals surface area contributed by atoms with Crippen LogP contribution in [0, 0.1) is 5.41 Å². The number of nitrogens with zero attached hydrogens (tertiary/aromatic N) is 4. The standard InChI is InChI=1S/C33H39F3N6O6S/c1-49(47,48)41-13-8-28-26(20-41)29(39-42(28)19-25(44)18-40-14-10-32(11-15-40)9-12-37-31(32)46)22-4-7-27(33(34,35)36)23(16-22)17-38-30(45)21-2-5-24(43)6-3-21/h2-7,16,25,43-44H,8-15,17-20H2,1H3,(H,37,46)(H,38,45). The van der Waals surface area contributed by atoms with Crippen molar-refractivity contribution >= 4 is 21.8 Å². The summed E-state index contributed by atoms with van der Waals surface area (Å²) >= 11 is 0. The Hall–Kier alpha value is -3.99. The molecule has 0 bridgehead atoms. The molecule has 4 N–H and O–H groups in total. The summed E-state index contributed by atoms with van der Waals surface area (Å²) in [6.07, 6.45) is -1.96. The number of phenols is 1. The lowest BCUT2D eigenvalue weighted by Crippen LogP contribution is -2.46. The Morgan fingerprint density at radius 2 is 1.80 bits per heavy atom. The molecule has 0 saturated carbocycles. The first-order chi connectivity index (χ1) is 23.1. The number of piperidine rings is 1. The van der Waals surface area contributed by atoms with E-state index in [0.29, 0.717) is 68.0 Å². The van der Waals surface area contributed by atoms with E-state index >= 15 is 0 Å². The highest BCUT2D eigenvalue weighted by molar-refractivity contribution is 7.88. The number of carbonyl (C=O) groups is 2. The normalized spacial score (nSPS) is 19.1. The number of alkyl halides is 3. The molecule has 3 aromatic rings. The Labute approximate surface area is 281 Å². The maximum Gasteiger partial charge on any atom is 0.416 e. The van der Waals surface area contributed by atoms with Crippen molar-refractivity contribution in [2.45, 2.75) is 57.6 Å². The van der Waals surface area contributed by atoms with E-state index in [1.165, 1.54) is 40.7 Å². The molecule has 1 aromatic heterocycles. The van der Waals surface area contributed by atoms with Gasteiger partial charge in [0.15, 0.2) is 0 Å². The first-order valence-corrected chi connectivity index (χ1v) is 18.0. The van der Waals surface area contributed by atoms with Gasteiger partial charge in [0.05, 0.1) is 35.6 Å². The van der Waals surface area contributed by atoms with Crippen LogP contribution in [-0.2, 0) is 47.0 Å². The number of aromatic hydroxyl groups is 1. The van der Waals surface area contributed by atoms with Crippen molar-refractivity contribution < 1.29 is 41.4 Å². The Morgan fingerprint density at radius 1 is 1.08 bits per heavy atom. The molecule has 264 valence electrons. The van der Waals surface area contributed by atoms with Gasteiger partial charge in [0.25, 0.3) is 5.91 Å². The van der Waals surface area contributed by atoms with E-state index in [1.54, 1.807) is 4.68 Å². The van der Waals surface area contributed by atoms with Crippen LogP contribution >= 0.6 is 0 Å². The largest absolute Gasteiger partial charge is 0.508 e. The number of likely N-dealkylation sites (tertiary alicyclic amines) is 1. The molecule has 2 fully saturated rings. The Kier molecular flexibility index (Phi) is 9.52. The predicted octanol–water partition coefficient (Wildman–Crippen LogP) is 2.49. The van der Waals surface area contributed by atoms with E-state index in [2.05, 4.69) is 15.5 Å². The van der Waals surface area contributed by atoms with Gasteiger partial charge in [-0.3, -0.25) is 14.3 Å². The highest BCUT2D eigenvalue weighted by atomic mass is 32.2. The molecule has 6 rings (SSSR count). The number of aromatic nitrogens is 2. The molecule has 2 aromatic carbocycles. The van der Waals surface area contributed by atoms with Crippen LogP contribution in [0.25, 0.3) is 11.3 Å². The van der Waals surface area contributed by atoms with Gasteiger partial charge in [-0.1, -0.05) is 6.07 Å². The number of hydrogen-bond acceptors (Lipinski definition) is 8. The van der Waals surface area contributed by atoms with Gasteiger partial charge >= 0.3 is 6.18 Å². The number of rotatable bonds is 9. The molecule has 2 amide bonds. The Balaban J connectivity index is 1.26. The van der Waals surface area contributed by atoms with Crippen LogP contribution in [-0.4, -0.2) is 94.5 Å². The average Bonchev–Trinajstić information content (AvgIpc) is 3.59. The number of amides is 2. The molecule has 1 atom stereocenters. The Morgan fingerprint density at radius 3 is 2.43 bits per heavy atom. The molecule has 2 saturated heterocycles. The number of nitrogens with one attached hydrogen (secondary N) is 2. The van der Waals surface area contributed by atoms with Crippen molar-refractivity contribution in [3.8, 4) is 17.0 Å². The van der Waals surface area contributed by atoms with E-state index in [0.717, 1.165) is 18.7 Å². The number of sulfonamides is 1. The number of β-amino-alcohol motifs (C(OH)–C–C–N with tert-alkyl or cyclic N) is 1. The average molecular weight is 705 g/mol. The number of phenolic OH excluding ortho intramolecular Hbond substituents is 1. The third kappa shape index (κ3) is 7.46. The first-order valence-electron chi connectivity index (χ1n) is 16.1. The predicted molar refractivity (Wildman–Crippen MR) is 173 cm³/mol. The van der Waals surface area contributed by atoms with Crippen LogP contribution in [0.4, 0.5) is 13.2 Å². The van der Waals surface area contributed by atoms with Crippen molar-refractivity contribution in [1.29, 1.82) is 0 Å². The fourth-order valence-corrected chi connectivity index (χ4v) is 7.89. The molecule has 1 spiro atoms.